The molecule has 1 aliphatic carbocycles. The highest BCUT2D eigenvalue weighted by Crippen LogP contribution is 2.47. The fourth-order valence-corrected chi connectivity index (χ4v) is 2.39. The van der Waals surface area contributed by atoms with Crippen molar-refractivity contribution in [2.45, 2.75) is 32.6 Å². The molecule has 2 heterocycles. The maximum Gasteiger partial charge on any atom is 0.249 e. The van der Waals surface area contributed by atoms with Gasteiger partial charge in [0.2, 0.25) is 5.91 Å². The SMILES string of the molecule is CCc1cn[nH]c1NC(=O)/C=C/c1ccc(C2CC2C)o1. The van der Waals surface area contributed by atoms with Gasteiger partial charge in [-0.2, -0.15) is 5.10 Å². The molecule has 0 spiro atoms. The largest absolute Gasteiger partial charge is 0.461 e. The van der Waals surface area contributed by atoms with Gasteiger partial charge in [-0.05, 0) is 37.0 Å². The number of hydrogen-bond acceptors (Lipinski definition) is 3. The van der Waals surface area contributed by atoms with E-state index in [1.807, 2.05) is 19.1 Å². The average Bonchev–Trinajstić information content (AvgIpc) is 2.91. The molecule has 21 heavy (non-hydrogen) atoms. The predicted molar refractivity (Wildman–Crippen MR) is 80.9 cm³/mol. The second-order valence-electron chi connectivity index (χ2n) is 5.51. The predicted octanol–water partition coefficient (Wildman–Crippen LogP) is 3.34. The number of rotatable bonds is 5. The number of nitrogens with one attached hydrogen (secondary N) is 2. The van der Waals surface area contributed by atoms with E-state index in [0.717, 1.165) is 17.7 Å². The normalized spacial score (nSPS) is 20.9. The topological polar surface area (TPSA) is 70.9 Å². The van der Waals surface area contributed by atoms with Gasteiger partial charge in [0.1, 0.15) is 17.3 Å². The first kappa shape index (κ1) is 13.7. The zero-order valence-corrected chi connectivity index (χ0v) is 12.2. The van der Waals surface area contributed by atoms with E-state index in [1.165, 1.54) is 12.5 Å². The number of anilines is 1. The highest BCUT2D eigenvalue weighted by atomic mass is 16.3. The van der Waals surface area contributed by atoms with Gasteiger partial charge in [0.05, 0.1) is 6.20 Å². The number of furan rings is 1. The van der Waals surface area contributed by atoms with Crippen LogP contribution in [0.2, 0.25) is 0 Å². The number of H-pyrrole nitrogens is 1. The Balaban J connectivity index is 1.60. The Morgan fingerprint density at radius 3 is 3.10 bits per heavy atom. The summed E-state index contributed by atoms with van der Waals surface area (Å²) in [6.07, 6.45) is 6.88. The summed E-state index contributed by atoms with van der Waals surface area (Å²) >= 11 is 0. The van der Waals surface area contributed by atoms with Crippen LogP contribution in [0, 0.1) is 5.92 Å². The van der Waals surface area contributed by atoms with Crippen molar-refractivity contribution in [2.75, 3.05) is 5.32 Å². The molecule has 0 aromatic carbocycles. The van der Waals surface area contributed by atoms with Gasteiger partial charge in [-0.3, -0.25) is 9.89 Å². The van der Waals surface area contributed by atoms with Crippen LogP contribution in [0.25, 0.3) is 6.08 Å². The third-order valence-electron chi connectivity index (χ3n) is 3.87. The molecule has 1 saturated carbocycles. The van der Waals surface area contributed by atoms with E-state index in [9.17, 15) is 4.79 Å². The Morgan fingerprint density at radius 1 is 1.57 bits per heavy atom. The number of aromatic amines is 1. The van der Waals surface area contributed by atoms with E-state index in [4.69, 9.17) is 4.42 Å². The Labute approximate surface area is 123 Å². The number of hydrogen-bond donors (Lipinski definition) is 2. The lowest BCUT2D eigenvalue weighted by Crippen LogP contribution is -2.09. The van der Waals surface area contributed by atoms with Gasteiger partial charge < -0.3 is 9.73 Å². The Morgan fingerprint density at radius 2 is 2.38 bits per heavy atom. The maximum atomic E-state index is 11.9. The van der Waals surface area contributed by atoms with Crippen molar-refractivity contribution in [2.24, 2.45) is 5.92 Å². The van der Waals surface area contributed by atoms with Crippen LogP contribution in [-0.2, 0) is 11.2 Å². The third kappa shape index (κ3) is 3.07. The van der Waals surface area contributed by atoms with Crippen molar-refractivity contribution >= 4 is 17.8 Å². The monoisotopic (exact) mass is 285 g/mol. The molecule has 2 N–H and O–H groups in total. The number of carbonyl (C=O) groups excluding carboxylic acids is 1. The Kier molecular flexibility index (Phi) is 3.64. The van der Waals surface area contributed by atoms with Crippen molar-refractivity contribution in [1.29, 1.82) is 0 Å². The first-order valence-corrected chi connectivity index (χ1v) is 7.28. The van der Waals surface area contributed by atoms with Crippen molar-refractivity contribution in [1.82, 2.24) is 10.2 Å². The van der Waals surface area contributed by atoms with Crippen LogP contribution in [0.4, 0.5) is 5.82 Å². The van der Waals surface area contributed by atoms with Gasteiger partial charge in [-0.1, -0.05) is 13.8 Å². The lowest BCUT2D eigenvalue weighted by molar-refractivity contribution is -0.111. The molecule has 1 fully saturated rings. The summed E-state index contributed by atoms with van der Waals surface area (Å²) in [6, 6.07) is 3.90. The zero-order valence-electron chi connectivity index (χ0n) is 12.2. The van der Waals surface area contributed by atoms with E-state index in [0.29, 0.717) is 23.4 Å². The number of aryl methyl sites for hydroxylation is 1. The fraction of sp³-hybridized carbons (Fsp3) is 0.375. The summed E-state index contributed by atoms with van der Waals surface area (Å²) in [5, 5.41) is 9.47. The molecule has 2 aromatic rings. The lowest BCUT2D eigenvalue weighted by atomic mass is 10.2. The van der Waals surface area contributed by atoms with Gasteiger partial charge >= 0.3 is 0 Å². The smallest absolute Gasteiger partial charge is 0.249 e. The van der Waals surface area contributed by atoms with Crippen molar-refractivity contribution in [3.05, 3.63) is 41.5 Å². The number of aromatic nitrogens is 2. The second-order valence-corrected chi connectivity index (χ2v) is 5.51. The molecular weight excluding hydrogens is 266 g/mol. The second kappa shape index (κ2) is 5.60. The quantitative estimate of drug-likeness (QED) is 0.828. The van der Waals surface area contributed by atoms with Crippen LogP contribution in [-0.4, -0.2) is 16.1 Å². The highest BCUT2D eigenvalue weighted by molar-refractivity contribution is 6.01. The first-order valence-electron chi connectivity index (χ1n) is 7.28. The minimum atomic E-state index is -0.202. The van der Waals surface area contributed by atoms with Crippen molar-refractivity contribution in [3.8, 4) is 0 Å². The molecule has 2 atom stereocenters. The van der Waals surface area contributed by atoms with E-state index in [1.54, 1.807) is 12.3 Å². The third-order valence-corrected chi connectivity index (χ3v) is 3.87. The molecule has 2 aromatic heterocycles. The average molecular weight is 285 g/mol. The van der Waals surface area contributed by atoms with Crippen LogP contribution >= 0.6 is 0 Å². The summed E-state index contributed by atoms with van der Waals surface area (Å²) < 4.78 is 5.72. The van der Waals surface area contributed by atoms with Crippen LogP contribution in [0.5, 0.6) is 0 Å². The Bertz CT molecular complexity index is 669. The van der Waals surface area contributed by atoms with Gasteiger partial charge in [0.15, 0.2) is 0 Å². The summed E-state index contributed by atoms with van der Waals surface area (Å²) in [4.78, 5) is 11.9. The van der Waals surface area contributed by atoms with Crippen LogP contribution in [0.1, 0.15) is 43.3 Å². The minimum Gasteiger partial charge on any atom is -0.461 e. The van der Waals surface area contributed by atoms with E-state index >= 15 is 0 Å². The summed E-state index contributed by atoms with van der Waals surface area (Å²) in [6.45, 7) is 4.23. The van der Waals surface area contributed by atoms with E-state index < -0.39 is 0 Å². The first-order chi connectivity index (χ1) is 10.2. The van der Waals surface area contributed by atoms with Gasteiger partial charge in [0.25, 0.3) is 0 Å². The lowest BCUT2D eigenvalue weighted by Gasteiger charge is -2.00. The number of nitrogens with zero attached hydrogens (tertiary/aromatic N) is 1. The number of amides is 1. The van der Waals surface area contributed by atoms with E-state index in [-0.39, 0.29) is 5.91 Å². The van der Waals surface area contributed by atoms with Gasteiger partial charge in [-0.15, -0.1) is 0 Å². The molecule has 1 amide bonds. The molecular formula is C16H19N3O2. The molecule has 5 nitrogen and oxygen atoms in total. The van der Waals surface area contributed by atoms with Crippen molar-refractivity contribution in [3.63, 3.8) is 0 Å². The molecule has 110 valence electrons. The van der Waals surface area contributed by atoms with Crippen LogP contribution < -0.4 is 5.32 Å². The van der Waals surface area contributed by atoms with Gasteiger partial charge in [0, 0.05) is 17.6 Å². The highest BCUT2D eigenvalue weighted by Gasteiger charge is 2.36. The number of carbonyl (C=O) groups is 1. The summed E-state index contributed by atoms with van der Waals surface area (Å²) in [7, 11) is 0. The molecule has 1 aliphatic rings. The van der Waals surface area contributed by atoms with Crippen LogP contribution in [0.15, 0.2) is 28.8 Å². The van der Waals surface area contributed by atoms with Crippen molar-refractivity contribution < 1.29 is 9.21 Å². The molecule has 0 bridgehead atoms. The standard InChI is InChI=1S/C16H19N3O2/c1-3-11-9-17-19-16(11)18-15(20)7-5-12-4-6-14(21-12)13-8-10(13)2/h4-7,9-10,13H,3,8H2,1-2H3,(H2,17,18,19,20)/b7-5+. The summed E-state index contributed by atoms with van der Waals surface area (Å²) in [5.74, 6) is 3.44. The minimum absolute atomic E-state index is 0.202. The summed E-state index contributed by atoms with van der Waals surface area (Å²) in [5.41, 5.74) is 0.986. The Hall–Kier alpha value is -2.30. The zero-order chi connectivity index (χ0) is 14.8. The molecule has 0 aliphatic heterocycles. The maximum absolute atomic E-state index is 11.9. The molecule has 2 unspecified atom stereocenters. The van der Waals surface area contributed by atoms with Gasteiger partial charge in [-0.25, -0.2) is 0 Å². The fourth-order valence-electron chi connectivity index (χ4n) is 2.39. The molecule has 5 heteroatoms. The van der Waals surface area contributed by atoms with E-state index in [2.05, 4.69) is 22.4 Å². The molecule has 3 rings (SSSR count). The van der Waals surface area contributed by atoms with Crippen LogP contribution in [0.3, 0.4) is 0 Å². The molecule has 0 saturated heterocycles. The molecule has 0 radical (unpaired) electrons.